The highest BCUT2D eigenvalue weighted by Gasteiger charge is 2.14. The fourth-order valence-corrected chi connectivity index (χ4v) is 2.44. The number of pyridine rings is 1. The van der Waals surface area contributed by atoms with E-state index >= 15 is 0 Å². The number of hydrogen-bond acceptors (Lipinski definition) is 2. The Morgan fingerprint density at radius 2 is 1.65 bits per heavy atom. The number of nitriles is 1. The number of halogens is 1. The van der Waals surface area contributed by atoms with Crippen molar-refractivity contribution in [1.82, 2.24) is 4.98 Å². The zero-order valence-electron chi connectivity index (χ0n) is 10.3. The van der Waals surface area contributed by atoms with Crippen LogP contribution in [0.1, 0.15) is 27.8 Å². The van der Waals surface area contributed by atoms with Crippen molar-refractivity contribution in [3.05, 3.63) is 39.0 Å². The van der Waals surface area contributed by atoms with Crippen LogP contribution in [-0.2, 0) is 0 Å². The monoisotopic (exact) mass is 244 g/mol. The van der Waals surface area contributed by atoms with Gasteiger partial charge in [-0.2, -0.15) is 5.26 Å². The average molecular weight is 245 g/mol. The maximum atomic E-state index is 8.99. The quantitative estimate of drug-likeness (QED) is 0.703. The van der Waals surface area contributed by atoms with Gasteiger partial charge in [0.15, 0.2) is 0 Å². The van der Waals surface area contributed by atoms with Crippen molar-refractivity contribution in [1.29, 1.82) is 5.26 Å². The summed E-state index contributed by atoms with van der Waals surface area (Å²) in [4.78, 5) is 4.37. The third kappa shape index (κ3) is 1.59. The zero-order chi connectivity index (χ0) is 12.7. The number of aromatic nitrogens is 1. The minimum absolute atomic E-state index is 0.435. The molecular weight excluding hydrogens is 232 g/mol. The largest absolute Gasteiger partial charge is 0.254 e. The van der Waals surface area contributed by atoms with Crippen LogP contribution in [-0.4, -0.2) is 4.98 Å². The van der Waals surface area contributed by atoms with Crippen LogP contribution in [0, 0.1) is 39.0 Å². The predicted octanol–water partition coefficient (Wildman–Crippen LogP) is 3.99. The van der Waals surface area contributed by atoms with E-state index < -0.39 is 0 Å². The molecule has 0 aliphatic heterocycles. The lowest BCUT2D eigenvalue weighted by Crippen LogP contribution is -1.97. The SMILES string of the molecule is Cc1c(C)c(C)c2c(Cl)c(C#N)cnc2c1C. The van der Waals surface area contributed by atoms with Gasteiger partial charge in [0.2, 0.25) is 0 Å². The summed E-state index contributed by atoms with van der Waals surface area (Å²) in [5.74, 6) is 0. The molecule has 2 rings (SSSR count). The molecule has 1 aromatic carbocycles. The molecule has 2 aromatic rings. The zero-order valence-corrected chi connectivity index (χ0v) is 11.1. The first-order valence-electron chi connectivity index (χ1n) is 5.43. The third-order valence-corrected chi connectivity index (χ3v) is 3.95. The van der Waals surface area contributed by atoms with Gasteiger partial charge < -0.3 is 0 Å². The van der Waals surface area contributed by atoms with Crippen molar-refractivity contribution in [3.63, 3.8) is 0 Å². The Hall–Kier alpha value is -1.59. The molecule has 3 heteroatoms. The topological polar surface area (TPSA) is 36.7 Å². The summed E-state index contributed by atoms with van der Waals surface area (Å²) in [6, 6.07) is 2.07. The molecule has 0 radical (unpaired) electrons. The second-order valence-electron chi connectivity index (χ2n) is 4.32. The normalized spacial score (nSPS) is 10.6. The molecule has 86 valence electrons. The number of hydrogen-bond donors (Lipinski definition) is 0. The molecular formula is C14H13ClN2. The van der Waals surface area contributed by atoms with Crippen molar-refractivity contribution in [3.8, 4) is 6.07 Å². The van der Waals surface area contributed by atoms with E-state index in [9.17, 15) is 0 Å². The lowest BCUT2D eigenvalue weighted by molar-refractivity contribution is 1.22. The summed E-state index contributed by atoms with van der Waals surface area (Å²) in [6.45, 7) is 8.23. The smallest absolute Gasteiger partial charge is 0.102 e. The number of rotatable bonds is 0. The van der Waals surface area contributed by atoms with Gasteiger partial charge in [-0.25, -0.2) is 0 Å². The van der Waals surface area contributed by atoms with E-state index in [1.807, 2.05) is 13.8 Å². The second-order valence-corrected chi connectivity index (χ2v) is 4.70. The van der Waals surface area contributed by atoms with Crippen molar-refractivity contribution in [2.45, 2.75) is 27.7 Å². The van der Waals surface area contributed by atoms with E-state index in [0.29, 0.717) is 10.6 Å². The standard InChI is InChI=1S/C14H13ClN2/c1-7-8(2)10(4)14-12(9(7)3)13(15)11(5-16)6-17-14/h6H,1-4H3. The molecule has 1 aromatic heterocycles. The first kappa shape index (κ1) is 11.9. The van der Waals surface area contributed by atoms with Gasteiger partial charge in [-0.15, -0.1) is 0 Å². The summed E-state index contributed by atoms with van der Waals surface area (Å²) < 4.78 is 0. The van der Waals surface area contributed by atoms with E-state index in [1.165, 1.54) is 11.1 Å². The highest BCUT2D eigenvalue weighted by atomic mass is 35.5. The Balaban J connectivity index is 3.08. The van der Waals surface area contributed by atoms with Crippen LogP contribution in [0.4, 0.5) is 0 Å². The van der Waals surface area contributed by atoms with E-state index in [1.54, 1.807) is 6.20 Å². The van der Waals surface area contributed by atoms with Gasteiger partial charge in [-0.1, -0.05) is 11.6 Å². The molecule has 0 N–H and O–H groups in total. The molecule has 0 bridgehead atoms. The number of aryl methyl sites for hydroxylation is 2. The fourth-order valence-electron chi connectivity index (χ4n) is 2.12. The Kier molecular flexibility index (Phi) is 2.81. The summed E-state index contributed by atoms with van der Waals surface area (Å²) >= 11 is 6.28. The van der Waals surface area contributed by atoms with Gasteiger partial charge in [0.05, 0.1) is 16.1 Å². The van der Waals surface area contributed by atoms with Gasteiger partial charge in [0.25, 0.3) is 0 Å². The van der Waals surface area contributed by atoms with Gasteiger partial charge in [0.1, 0.15) is 6.07 Å². The van der Waals surface area contributed by atoms with Crippen molar-refractivity contribution in [2.75, 3.05) is 0 Å². The van der Waals surface area contributed by atoms with Gasteiger partial charge >= 0.3 is 0 Å². The second kappa shape index (κ2) is 4.01. The predicted molar refractivity (Wildman–Crippen MR) is 70.4 cm³/mol. The molecule has 0 amide bonds. The molecule has 0 saturated heterocycles. The molecule has 0 saturated carbocycles. The number of fused-ring (bicyclic) bond motifs is 1. The molecule has 17 heavy (non-hydrogen) atoms. The average Bonchev–Trinajstić information content (AvgIpc) is 2.33. The summed E-state index contributed by atoms with van der Waals surface area (Å²) in [6.07, 6.45) is 1.55. The van der Waals surface area contributed by atoms with Crippen LogP contribution >= 0.6 is 11.6 Å². The van der Waals surface area contributed by atoms with E-state index in [2.05, 4.69) is 24.9 Å². The van der Waals surface area contributed by atoms with Crippen LogP contribution in [0.15, 0.2) is 6.20 Å². The van der Waals surface area contributed by atoms with Gasteiger partial charge in [-0.3, -0.25) is 4.98 Å². The van der Waals surface area contributed by atoms with E-state index in [0.717, 1.165) is 22.0 Å². The Bertz CT molecular complexity index is 666. The summed E-state index contributed by atoms with van der Waals surface area (Å²) in [5, 5.41) is 10.4. The fraction of sp³-hybridized carbons (Fsp3) is 0.286. The lowest BCUT2D eigenvalue weighted by atomic mass is 9.94. The van der Waals surface area contributed by atoms with Crippen LogP contribution in [0.2, 0.25) is 5.02 Å². The van der Waals surface area contributed by atoms with Crippen LogP contribution in [0.5, 0.6) is 0 Å². The van der Waals surface area contributed by atoms with Crippen molar-refractivity contribution < 1.29 is 0 Å². The summed E-state index contributed by atoms with van der Waals surface area (Å²) in [5.41, 5.74) is 6.03. The van der Waals surface area contributed by atoms with Crippen LogP contribution < -0.4 is 0 Å². The Morgan fingerprint density at radius 1 is 1.06 bits per heavy atom. The highest BCUT2D eigenvalue weighted by molar-refractivity contribution is 6.36. The number of benzene rings is 1. The van der Waals surface area contributed by atoms with Gasteiger partial charge in [0, 0.05) is 11.6 Å². The minimum Gasteiger partial charge on any atom is -0.254 e. The molecule has 0 spiro atoms. The molecule has 1 heterocycles. The maximum Gasteiger partial charge on any atom is 0.102 e. The van der Waals surface area contributed by atoms with Crippen LogP contribution in [0.25, 0.3) is 10.9 Å². The first-order valence-corrected chi connectivity index (χ1v) is 5.81. The molecule has 0 atom stereocenters. The first-order chi connectivity index (χ1) is 7.99. The number of nitrogens with zero attached hydrogens (tertiary/aromatic N) is 2. The molecule has 0 fully saturated rings. The van der Waals surface area contributed by atoms with Gasteiger partial charge in [-0.05, 0) is 49.9 Å². The maximum absolute atomic E-state index is 8.99. The Morgan fingerprint density at radius 3 is 2.24 bits per heavy atom. The molecule has 0 aliphatic rings. The highest BCUT2D eigenvalue weighted by Crippen LogP contribution is 2.33. The molecule has 0 unspecified atom stereocenters. The van der Waals surface area contributed by atoms with Crippen LogP contribution in [0.3, 0.4) is 0 Å². The summed E-state index contributed by atoms with van der Waals surface area (Å²) in [7, 11) is 0. The third-order valence-electron chi connectivity index (χ3n) is 3.55. The molecule has 2 nitrogen and oxygen atoms in total. The van der Waals surface area contributed by atoms with Crippen molar-refractivity contribution in [2.24, 2.45) is 0 Å². The minimum atomic E-state index is 0.435. The van der Waals surface area contributed by atoms with E-state index in [4.69, 9.17) is 16.9 Å². The Labute approximate surface area is 106 Å². The molecule has 0 aliphatic carbocycles. The van der Waals surface area contributed by atoms with Crippen molar-refractivity contribution >= 4 is 22.5 Å². The van der Waals surface area contributed by atoms with E-state index in [-0.39, 0.29) is 0 Å². The lowest BCUT2D eigenvalue weighted by Gasteiger charge is -2.14.